The molecule has 0 aliphatic heterocycles. The zero-order valence-electron chi connectivity index (χ0n) is 11.2. The van der Waals surface area contributed by atoms with Gasteiger partial charge in [-0.3, -0.25) is 10.00 Å². The molecule has 108 valence electrons. The van der Waals surface area contributed by atoms with Crippen molar-refractivity contribution in [3.8, 4) is 0 Å². The minimum Gasteiger partial charge on any atom is -0.394 e. The Morgan fingerprint density at radius 1 is 1.50 bits per heavy atom. The van der Waals surface area contributed by atoms with Gasteiger partial charge >= 0.3 is 6.03 Å². The molecule has 0 unspecified atom stereocenters. The van der Waals surface area contributed by atoms with Crippen molar-refractivity contribution < 1.29 is 9.90 Å². The molecule has 0 spiro atoms. The molecular formula is C12H17N5O2S. The Hall–Kier alpha value is -1.93. The Bertz CT molecular complexity index is 517. The van der Waals surface area contributed by atoms with Gasteiger partial charge in [-0.1, -0.05) is 13.3 Å². The molecule has 0 aromatic carbocycles. The molecule has 2 aromatic rings. The van der Waals surface area contributed by atoms with Crippen LogP contribution in [0.3, 0.4) is 0 Å². The smallest absolute Gasteiger partial charge is 0.325 e. The number of hydrogen-bond acceptors (Lipinski definition) is 5. The van der Waals surface area contributed by atoms with Gasteiger partial charge in [-0.25, -0.2) is 9.78 Å². The molecular weight excluding hydrogens is 278 g/mol. The first kappa shape index (κ1) is 14.5. The van der Waals surface area contributed by atoms with E-state index in [9.17, 15) is 4.79 Å². The summed E-state index contributed by atoms with van der Waals surface area (Å²) in [6.45, 7) is 2.49. The highest BCUT2D eigenvalue weighted by Gasteiger charge is 2.07. The van der Waals surface area contributed by atoms with Gasteiger partial charge in [0.25, 0.3) is 0 Å². The molecule has 20 heavy (non-hydrogen) atoms. The highest BCUT2D eigenvalue weighted by Crippen LogP contribution is 2.16. The maximum atomic E-state index is 11.8. The lowest BCUT2D eigenvalue weighted by molar-refractivity contribution is 0.262. The Kier molecular flexibility index (Phi) is 5.08. The normalized spacial score (nSPS) is 10.5. The second-order valence-electron chi connectivity index (χ2n) is 4.19. The van der Waals surface area contributed by atoms with Crippen LogP contribution in [0.2, 0.25) is 0 Å². The van der Waals surface area contributed by atoms with Gasteiger partial charge in [0.05, 0.1) is 30.7 Å². The highest BCUT2D eigenvalue weighted by molar-refractivity contribution is 7.13. The number of thiazole rings is 1. The summed E-state index contributed by atoms with van der Waals surface area (Å²) < 4.78 is 1.55. The molecule has 0 fully saturated rings. The van der Waals surface area contributed by atoms with Gasteiger partial charge in [0, 0.05) is 11.6 Å². The average Bonchev–Trinajstić information content (AvgIpc) is 3.00. The number of aromatic nitrogens is 3. The van der Waals surface area contributed by atoms with E-state index < -0.39 is 0 Å². The van der Waals surface area contributed by atoms with Crippen LogP contribution in [0.25, 0.3) is 0 Å². The van der Waals surface area contributed by atoms with Crippen LogP contribution < -0.4 is 10.6 Å². The molecule has 2 rings (SSSR count). The van der Waals surface area contributed by atoms with E-state index in [0.717, 1.165) is 18.5 Å². The van der Waals surface area contributed by atoms with Crippen molar-refractivity contribution >= 4 is 28.2 Å². The fourth-order valence-corrected chi connectivity index (χ4v) is 2.39. The predicted molar refractivity (Wildman–Crippen MR) is 78.1 cm³/mol. The second-order valence-corrected chi connectivity index (χ2v) is 5.05. The number of carbonyl (C=O) groups is 1. The first-order valence-corrected chi connectivity index (χ1v) is 7.25. The summed E-state index contributed by atoms with van der Waals surface area (Å²) in [5, 5.41) is 20.6. The van der Waals surface area contributed by atoms with Crippen LogP contribution >= 0.6 is 11.3 Å². The van der Waals surface area contributed by atoms with Crippen LogP contribution in [0, 0.1) is 0 Å². The number of nitrogens with one attached hydrogen (secondary N) is 2. The van der Waals surface area contributed by atoms with Gasteiger partial charge in [0.2, 0.25) is 0 Å². The number of hydrogen-bond donors (Lipinski definition) is 3. The van der Waals surface area contributed by atoms with Crippen LogP contribution in [0.4, 0.5) is 15.6 Å². The third kappa shape index (κ3) is 4.04. The summed E-state index contributed by atoms with van der Waals surface area (Å²) in [4.78, 5) is 16.1. The van der Waals surface area contributed by atoms with Crippen molar-refractivity contribution in [3.63, 3.8) is 0 Å². The number of urea groups is 1. The molecule has 2 aromatic heterocycles. The number of aliphatic hydroxyl groups is 1. The van der Waals surface area contributed by atoms with Crippen molar-refractivity contribution in [2.24, 2.45) is 0 Å². The van der Waals surface area contributed by atoms with E-state index in [2.05, 4.69) is 27.6 Å². The van der Waals surface area contributed by atoms with Crippen molar-refractivity contribution in [2.45, 2.75) is 26.3 Å². The van der Waals surface area contributed by atoms with Crippen LogP contribution in [-0.4, -0.2) is 32.5 Å². The van der Waals surface area contributed by atoms with E-state index in [1.807, 2.05) is 5.38 Å². The first-order valence-electron chi connectivity index (χ1n) is 6.37. The van der Waals surface area contributed by atoms with E-state index in [-0.39, 0.29) is 12.6 Å². The minimum atomic E-state index is -0.356. The summed E-state index contributed by atoms with van der Waals surface area (Å²) in [5.41, 5.74) is 1.56. The van der Waals surface area contributed by atoms with E-state index in [4.69, 9.17) is 5.11 Å². The summed E-state index contributed by atoms with van der Waals surface area (Å²) in [6.07, 6.45) is 5.12. The fraction of sp³-hybridized carbons (Fsp3) is 0.417. The number of aliphatic hydroxyl groups excluding tert-OH is 1. The molecule has 0 atom stereocenters. The van der Waals surface area contributed by atoms with Gasteiger partial charge in [0.1, 0.15) is 0 Å². The lowest BCUT2D eigenvalue weighted by Crippen LogP contribution is -2.19. The van der Waals surface area contributed by atoms with Crippen LogP contribution in [0.1, 0.15) is 19.0 Å². The number of rotatable bonds is 6. The third-order valence-electron chi connectivity index (χ3n) is 2.50. The number of carbonyl (C=O) groups excluding carboxylic acids is 1. The second kappa shape index (κ2) is 7.01. The summed E-state index contributed by atoms with van der Waals surface area (Å²) in [7, 11) is 0. The maximum absolute atomic E-state index is 11.8. The van der Waals surface area contributed by atoms with Crippen molar-refractivity contribution in [3.05, 3.63) is 23.5 Å². The molecule has 0 aliphatic rings. The monoisotopic (exact) mass is 295 g/mol. The van der Waals surface area contributed by atoms with Gasteiger partial charge in [-0.2, -0.15) is 5.10 Å². The minimum absolute atomic E-state index is 0.00658. The molecule has 0 radical (unpaired) electrons. The molecule has 7 nitrogen and oxygen atoms in total. The summed E-state index contributed by atoms with van der Waals surface area (Å²) in [6, 6.07) is -0.356. The van der Waals surface area contributed by atoms with Crippen LogP contribution in [0.15, 0.2) is 17.8 Å². The fourth-order valence-electron chi connectivity index (χ4n) is 1.65. The summed E-state index contributed by atoms with van der Waals surface area (Å²) >= 11 is 1.40. The maximum Gasteiger partial charge on any atom is 0.325 e. The topological polar surface area (TPSA) is 92.1 Å². The quantitative estimate of drug-likeness (QED) is 0.759. The molecule has 0 saturated heterocycles. The standard InChI is InChI=1S/C12H17N5O2S/c1-2-3-9-8-20-12(15-9)16-11(19)14-10-6-13-17(7-10)4-5-18/h6-8,18H,2-5H2,1H3,(H2,14,15,16,19). The zero-order chi connectivity index (χ0) is 14.4. The Labute approximate surface area is 120 Å². The molecule has 0 aliphatic carbocycles. The molecule has 3 N–H and O–H groups in total. The Morgan fingerprint density at radius 2 is 2.35 bits per heavy atom. The molecule has 2 amide bonds. The molecule has 8 heteroatoms. The van der Waals surface area contributed by atoms with Gasteiger partial charge in [-0.15, -0.1) is 11.3 Å². The number of anilines is 2. The lowest BCUT2D eigenvalue weighted by Gasteiger charge is -2.02. The summed E-state index contributed by atoms with van der Waals surface area (Å²) in [5.74, 6) is 0. The Balaban J connectivity index is 1.87. The zero-order valence-corrected chi connectivity index (χ0v) is 12.0. The number of aryl methyl sites for hydroxylation is 1. The van der Waals surface area contributed by atoms with Crippen LogP contribution in [0.5, 0.6) is 0 Å². The van der Waals surface area contributed by atoms with E-state index in [1.165, 1.54) is 17.5 Å². The predicted octanol–water partition coefficient (Wildman–Crippen LogP) is 1.93. The average molecular weight is 295 g/mol. The Morgan fingerprint density at radius 3 is 3.10 bits per heavy atom. The molecule has 0 bridgehead atoms. The van der Waals surface area contributed by atoms with Crippen molar-refractivity contribution in [1.29, 1.82) is 0 Å². The van der Waals surface area contributed by atoms with Gasteiger partial charge < -0.3 is 10.4 Å². The van der Waals surface area contributed by atoms with Crippen molar-refractivity contribution in [2.75, 3.05) is 17.2 Å². The molecule has 0 saturated carbocycles. The molecule has 2 heterocycles. The van der Waals surface area contributed by atoms with E-state index in [0.29, 0.717) is 17.4 Å². The first-order chi connectivity index (χ1) is 9.71. The number of nitrogens with zero attached hydrogens (tertiary/aromatic N) is 3. The number of amides is 2. The third-order valence-corrected chi connectivity index (χ3v) is 3.31. The van der Waals surface area contributed by atoms with Crippen LogP contribution in [-0.2, 0) is 13.0 Å². The van der Waals surface area contributed by atoms with Gasteiger partial charge in [-0.05, 0) is 6.42 Å². The van der Waals surface area contributed by atoms with Crippen molar-refractivity contribution in [1.82, 2.24) is 14.8 Å². The van der Waals surface area contributed by atoms with E-state index >= 15 is 0 Å². The highest BCUT2D eigenvalue weighted by atomic mass is 32.1. The lowest BCUT2D eigenvalue weighted by atomic mass is 10.3. The van der Waals surface area contributed by atoms with E-state index in [1.54, 1.807) is 10.9 Å². The van der Waals surface area contributed by atoms with Gasteiger partial charge in [0.15, 0.2) is 5.13 Å². The SMILES string of the molecule is CCCc1csc(NC(=O)Nc2cnn(CCO)c2)n1. The largest absolute Gasteiger partial charge is 0.394 e.